The molecule has 10 heteroatoms. The second-order valence-corrected chi connectivity index (χ2v) is 9.43. The number of anilines is 2. The number of nitrogens with zero attached hydrogens (tertiary/aromatic N) is 2. The Morgan fingerprint density at radius 1 is 1.09 bits per heavy atom. The van der Waals surface area contributed by atoms with Gasteiger partial charge in [0, 0.05) is 29.4 Å². The fraction of sp³-hybridized carbons (Fsp3) is 0.280. The van der Waals surface area contributed by atoms with Crippen LogP contribution in [0.4, 0.5) is 15.6 Å². The van der Waals surface area contributed by atoms with Gasteiger partial charge in [-0.1, -0.05) is 29.5 Å². The number of para-hydroxylation sites is 1. The molecule has 4 rings (SSSR count). The molecule has 4 amide bonds. The van der Waals surface area contributed by atoms with Crippen molar-refractivity contribution >= 4 is 40.0 Å². The van der Waals surface area contributed by atoms with Crippen molar-refractivity contribution in [3.8, 4) is 5.75 Å². The van der Waals surface area contributed by atoms with Gasteiger partial charge in [-0.05, 0) is 44.2 Å². The van der Waals surface area contributed by atoms with Crippen LogP contribution in [0.1, 0.15) is 45.1 Å². The Hall–Kier alpha value is -3.92. The molecule has 1 aliphatic rings. The van der Waals surface area contributed by atoms with E-state index in [1.165, 1.54) is 11.3 Å². The van der Waals surface area contributed by atoms with E-state index in [4.69, 9.17) is 4.74 Å². The molecule has 182 valence electrons. The lowest BCUT2D eigenvalue weighted by Gasteiger charge is -2.26. The Bertz CT molecular complexity index is 1260. The summed E-state index contributed by atoms with van der Waals surface area (Å²) < 4.78 is 5.22. The normalized spacial score (nSPS) is 12.6. The maximum absolute atomic E-state index is 13.0. The van der Waals surface area contributed by atoms with Crippen molar-refractivity contribution in [2.75, 3.05) is 24.3 Å². The number of aromatic nitrogens is 1. The summed E-state index contributed by atoms with van der Waals surface area (Å²) in [6, 6.07) is 13.4. The lowest BCUT2D eigenvalue weighted by Crippen LogP contribution is -2.35. The second kappa shape index (κ2) is 10.6. The number of amides is 4. The average Bonchev–Trinajstić information content (AvgIpc) is 3.24. The van der Waals surface area contributed by atoms with Gasteiger partial charge in [-0.2, -0.15) is 0 Å². The third-order valence-corrected chi connectivity index (χ3v) is 6.39. The predicted octanol–water partition coefficient (Wildman–Crippen LogP) is 4.13. The SMILES string of the molecule is COc1cccc(C(=O)N2CCc3nc(NC(=O)Nc4ccccc4C(=O)NC(C)C)sc3C2)c1. The Morgan fingerprint density at radius 2 is 1.89 bits per heavy atom. The van der Waals surface area contributed by atoms with E-state index in [1.54, 1.807) is 60.5 Å². The van der Waals surface area contributed by atoms with Crippen LogP contribution in [0, 0.1) is 0 Å². The average molecular weight is 494 g/mol. The summed E-state index contributed by atoms with van der Waals surface area (Å²) in [5.41, 5.74) is 2.22. The summed E-state index contributed by atoms with van der Waals surface area (Å²) in [4.78, 5) is 45.3. The van der Waals surface area contributed by atoms with E-state index in [2.05, 4.69) is 20.9 Å². The van der Waals surface area contributed by atoms with Gasteiger partial charge in [0.25, 0.3) is 11.8 Å². The Morgan fingerprint density at radius 3 is 2.66 bits per heavy atom. The molecule has 9 nitrogen and oxygen atoms in total. The van der Waals surface area contributed by atoms with Crippen LogP contribution in [0.15, 0.2) is 48.5 Å². The van der Waals surface area contributed by atoms with Gasteiger partial charge < -0.3 is 20.3 Å². The van der Waals surface area contributed by atoms with Crippen LogP contribution in [-0.2, 0) is 13.0 Å². The maximum Gasteiger partial charge on any atom is 0.325 e. The number of hydrogen-bond donors (Lipinski definition) is 3. The lowest BCUT2D eigenvalue weighted by atomic mass is 10.1. The van der Waals surface area contributed by atoms with Crippen molar-refractivity contribution < 1.29 is 19.1 Å². The molecule has 2 heterocycles. The number of benzene rings is 2. The molecule has 0 fully saturated rings. The molecule has 3 N–H and O–H groups in total. The summed E-state index contributed by atoms with van der Waals surface area (Å²) in [5, 5.41) is 8.75. The van der Waals surface area contributed by atoms with Crippen LogP contribution in [0.5, 0.6) is 5.75 Å². The third-order valence-electron chi connectivity index (χ3n) is 5.40. The molecule has 0 spiro atoms. The molecular weight excluding hydrogens is 466 g/mol. The summed E-state index contributed by atoms with van der Waals surface area (Å²) >= 11 is 1.34. The molecule has 3 aromatic rings. The molecule has 0 radical (unpaired) electrons. The predicted molar refractivity (Wildman–Crippen MR) is 135 cm³/mol. The fourth-order valence-corrected chi connectivity index (χ4v) is 4.76. The van der Waals surface area contributed by atoms with Crippen molar-refractivity contribution in [1.82, 2.24) is 15.2 Å². The smallest absolute Gasteiger partial charge is 0.325 e. The highest BCUT2D eigenvalue weighted by Gasteiger charge is 2.26. The highest BCUT2D eigenvalue weighted by atomic mass is 32.1. The van der Waals surface area contributed by atoms with Crippen LogP contribution >= 0.6 is 11.3 Å². The van der Waals surface area contributed by atoms with E-state index in [1.807, 2.05) is 13.8 Å². The number of fused-ring (bicyclic) bond motifs is 1. The van der Waals surface area contributed by atoms with Gasteiger partial charge in [0.1, 0.15) is 5.75 Å². The Kier molecular flexibility index (Phi) is 7.31. The Balaban J connectivity index is 1.41. The topological polar surface area (TPSA) is 113 Å². The van der Waals surface area contributed by atoms with E-state index in [9.17, 15) is 14.4 Å². The minimum Gasteiger partial charge on any atom is -0.497 e. The van der Waals surface area contributed by atoms with Crippen molar-refractivity contribution in [2.24, 2.45) is 0 Å². The molecule has 0 saturated heterocycles. The maximum atomic E-state index is 13.0. The molecule has 0 atom stereocenters. The van der Waals surface area contributed by atoms with Crippen molar-refractivity contribution in [3.05, 3.63) is 70.2 Å². The van der Waals surface area contributed by atoms with Crippen LogP contribution in [0.2, 0.25) is 0 Å². The van der Waals surface area contributed by atoms with E-state index in [-0.39, 0.29) is 17.9 Å². The first-order valence-corrected chi connectivity index (χ1v) is 12.1. The number of thiazole rings is 1. The monoisotopic (exact) mass is 493 g/mol. The highest BCUT2D eigenvalue weighted by Crippen LogP contribution is 2.29. The van der Waals surface area contributed by atoms with E-state index >= 15 is 0 Å². The Labute approximate surface area is 207 Å². The van der Waals surface area contributed by atoms with E-state index in [0.717, 1.165) is 10.6 Å². The minimum atomic E-state index is -0.495. The van der Waals surface area contributed by atoms with Crippen molar-refractivity contribution in [2.45, 2.75) is 32.9 Å². The first kappa shape index (κ1) is 24.2. The number of rotatable bonds is 6. The minimum absolute atomic E-state index is 0.0265. The molecule has 35 heavy (non-hydrogen) atoms. The van der Waals surface area contributed by atoms with Gasteiger partial charge in [0.2, 0.25) is 0 Å². The zero-order valence-electron chi connectivity index (χ0n) is 19.8. The molecule has 0 bridgehead atoms. The standard InChI is InChI=1S/C25H27N5O4S/c1-15(2)26-22(31)18-9-4-5-10-19(18)27-24(33)29-25-28-20-11-12-30(14-21(20)35-25)23(32)16-7-6-8-17(13-16)34-3/h4-10,13,15H,11-12,14H2,1-3H3,(H,26,31)(H2,27,28,29,33). The zero-order chi connectivity index (χ0) is 24.9. The zero-order valence-corrected chi connectivity index (χ0v) is 20.6. The van der Waals surface area contributed by atoms with E-state index < -0.39 is 6.03 Å². The molecule has 2 aromatic carbocycles. The van der Waals surface area contributed by atoms with Crippen LogP contribution in [0.3, 0.4) is 0 Å². The van der Waals surface area contributed by atoms with Gasteiger partial charge in [0.15, 0.2) is 5.13 Å². The van der Waals surface area contributed by atoms with Gasteiger partial charge >= 0.3 is 6.03 Å². The molecule has 1 aliphatic heterocycles. The van der Waals surface area contributed by atoms with Gasteiger partial charge in [-0.3, -0.25) is 14.9 Å². The number of nitrogens with one attached hydrogen (secondary N) is 3. The molecule has 1 aromatic heterocycles. The van der Waals surface area contributed by atoms with E-state index in [0.29, 0.717) is 47.2 Å². The molecule has 0 unspecified atom stereocenters. The summed E-state index contributed by atoms with van der Waals surface area (Å²) in [5.74, 6) is 0.292. The molecule has 0 saturated carbocycles. The summed E-state index contributed by atoms with van der Waals surface area (Å²) in [6.07, 6.45) is 0.600. The van der Waals surface area contributed by atoms with Crippen LogP contribution in [-0.4, -0.2) is 47.4 Å². The quantitative estimate of drug-likeness (QED) is 0.478. The lowest BCUT2D eigenvalue weighted by molar-refractivity contribution is 0.0735. The molecule has 0 aliphatic carbocycles. The van der Waals surface area contributed by atoms with Crippen molar-refractivity contribution in [1.29, 1.82) is 0 Å². The van der Waals surface area contributed by atoms with Crippen LogP contribution < -0.4 is 20.7 Å². The van der Waals surface area contributed by atoms with Gasteiger partial charge in [-0.25, -0.2) is 9.78 Å². The molecular formula is C25H27N5O4S. The largest absolute Gasteiger partial charge is 0.497 e. The van der Waals surface area contributed by atoms with Gasteiger partial charge in [0.05, 0.1) is 30.6 Å². The number of urea groups is 1. The number of methoxy groups -OCH3 is 1. The first-order chi connectivity index (χ1) is 16.8. The van der Waals surface area contributed by atoms with Crippen LogP contribution in [0.25, 0.3) is 0 Å². The number of ether oxygens (including phenoxy) is 1. The first-order valence-electron chi connectivity index (χ1n) is 11.2. The summed E-state index contributed by atoms with van der Waals surface area (Å²) in [6.45, 7) is 4.70. The fourth-order valence-electron chi connectivity index (χ4n) is 3.74. The number of carbonyl (C=O) groups is 3. The third kappa shape index (κ3) is 5.78. The van der Waals surface area contributed by atoms with Gasteiger partial charge in [-0.15, -0.1) is 0 Å². The summed E-state index contributed by atoms with van der Waals surface area (Å²) in [7, 11) is 1.57. The second-order valence-electron chi connectivity index (χ2n) is 8.35. The number of carbonyl (C=O) groups excluding carboxylic acids is 3. The van der Waals surface area contributed by atoms with Crippen molar-refractivity contribution in [3.63, 3.8) is 0 Å². The highest BCUT2D eigenvalue weighted by molar-refractivity contribution is 7.15. The number of hydrogen-bond acceptors (Lipinski definition) is 6.